The largest absolute Gasteiger partial charge is 0.325 e. The molecule has 0 aliphatic heterocycles. The predicted octanol–water partition coefficient (Wildman–Crippen LogP) is 4.60. The molecule has 0 saturated carbocycles. The zero-order valence-corrected chi connectivity index (χ0v) is 16.1. The zero-order chi connectivity index (χ0) is 19.9. The number of hydrogen-bond acceptors (Lipinski definition) is 3. The van der Waals surface area contributed by atoms with Crippen molar-refractivity contribution in [3.05, 3.63) is 102 Å². The Kier molecular flexibility index (Phi) is 6.35. The molecule has 28 heavy (non-hydrogen) atoms. The van der Waals surface area contributed by atoms with Crippen LogP contribution >= 0.6 is 0 Å². The van der Waals surface area contributed by atoms with E-state index < -0.39 is 6.04 Å². The summed E-state index contributed by atoms with van der Waals surface area (Å²) in [7, 11) is 0. The maximum Gasteiger partial charge on any atom is 0.241 e. The van der Waals surface area contributed by atoms with Crippen LogP contribution in [-0.4, -0.2) is 17.7 Å². The van der Waals surface area contributed by atoms with Gasteiger partial charge in [-0.15, -0.1) is 0 Å². The van der Waals surface area contributed by atoms with E-state index in [4.69, 9.17) is 0 Å². The molecule has 0 bridgehead atoms. The fourth-order valence-corrected chi connectivity index (χ4v) is 3.04. The maximum absolute atomic E-state index is 12.7. The second-order valence-electron chi connectivity index (χ2n) is 6.77. The van der Waals surface area contributed by atoms with E-state index in [9.17, 15) is 9.59 Å². The van der Waals surface area contributed by atoms with Crippen LogP contribution < -0.4 is 10.6 Å². The molecule has 1 unspecified atom stereocenters. The highest BCUT2D eigenvalue weighted by atomic mass is 16.2. The van der Waals surface area contributed by atoms with Crippen LogP contribution in [0, 0.1) is 0 Å². The van der Waals surface area contributed by atoms with Gasteiger partial charge >= 0.3 is 0 Å². The Morgan fingerprint density at radius 3 is 1.71 bits per heavy atom. The summed E-state index contributed by atoms with van der Waals surface area (Å²) in [5.74, 6) is -0.131. The summed E-state index contributed by atoms with van der Waals surface area (Å²) in [5.41, 5.74) is 3.48. The summed E-state index contributed by atoms with van der Waals surface area (Å²) in [6.45, 7) is 3.37. The van der Waals surface area contributed by atoms with Gasteiger partial charge in [0.15, 0.2) is 5.78 Å². The van der Waals surface area contributed by atoms with E-state index >= 15 is 0 Å². The van der Waals surface area contributed by atoms with Crippen LogP contribution in [0.25, 0.3) is 0 Å². The number of rotatable bonds is 7. The molecule has 3 aromatic rings. The van der Waals surface area contributed by atoms with Gasteiger partial charge in [0.2, 0.25) is 5.91 Å². The first-order valence-corrected chi connectivity index (χ1v) is 9.32. The van der Waals surface area contributed by atoms with Gasteiger partial charge in [-0.1, -0.05) is 60.7 Å². The quantitative estimate of drug-likeness (QED) is 0.596. The molecule has 0 aromatic heterocycles. The number of nitrogens with one attached hydrogen (secondary N) is 2. The molecular weight excluding hydrogens is 348 g/mol. The second-order valence-corrected chi connectivity index (χ2v) is 6.77. The Labute approximate surface area is 165 Å². The summed E-state index contributed by atoms with van der Waals surface area (Å²) in [6.07, 6.45) is 0. The van der Waals surface area contributed by atoms with E-state index in [2.05, 4.69) is 34.9 Å². The average molecular weight is 372 g/mol. The van der Waals surface area contributed by atoms with Crippen molar-refractivity contribution in [3.8, 4) is 0 Å². The lowest BCUT2D eigenvalue weighted by molar-refractivity contribution is -0.117. The molecule has 0 aliphatic carbocycles. The Hall–Kier alpha value is -3.24. The lowest BCUT2D eigenvalue weighted by Gasteiger charge is -2.24. The number of anilines is 1. The molecule has 142 valence electrons. The van der Waals surface area contributed by atoms with Crippen molar-refractivity contribution in [2.24, 2.45) is 0 Å². The van der Waals surface area contributed by atoms with Gasteiger partial charge in [-0.2, -0.15) is 0 Å². The van der Waals surface area contributed by atoms with E-state index in [-0.39, 0.29) is 17.7 Å². The fraction of sp³-hybridized carbons (Fsp3) is 0.167. The molecule has 1 amide bonds. The van der Waals surface area contributed by atoms with E-state index in [1.165, 1.54) is 6.92 Å². The number of carbonyl (C=O) groups is 2. The summed E-state index contributed by atoms with van der Waals surface area (Å²) in [5, 5.41) is 6.34. The smallest absolute Gasteiger partial charge is 0.241 e. The molecule has 0 aliphatic rings. The molecule has 0 radical (unpaired) electrons. The summed E-state index contributed by atoms with van der Waals surface area (Å²) < 4.78 is 0. The first kappa shape index (κ1) is 19.5. The molecule has 2 N–H and O–H groups in total. The SMILES string of the molecule is CC(=O)c1ccc(NC(=O)C(C)NC(c2ccccc2)c2ccccc2)cc1. The Balaban J connectivity index is 1.73. The molecule has 0 spiro atoms. The average Bonchev–Trinajstić information content (AvgIpc) is 2.73. The van der Waals surface area contributed by atoms with E-state index in [0.717, 1.165) is 11.1 Å². The van der Waals surface area contributed by atoms with Gasteiger partial charge in [-0.3, -0.25) is 14.9 Å². The van der Waals surface area contributed by atoms with Crippen LogP contribution in [0.5, 0.6) is 0 Å². The van der Waals surface area contributed by atoms with Crippen molar-refractivity contribution in [1.29, 1.82) is 0 Å². The van der Waals surface area contributed by atoms with E-state index in [1.807, 2.05) is 43.3 Å². The minimum atomic E-state index is -0.419. The molecule has 4 heteroatoms. The second kappa shape index (κ2) is 9.11. The summed E-state index contributed by atoms with van der Waals surface area (Å²) in [4.78, 5) is 24.1. The monoisotopic (exact) mass is 372 g/mol. The first-order chi connectivity index (χ1) is 13.5. The number of hydrogen-bond donors (Lipinski definition) is 2. The van der Waals surface area contributed by atoms with Gasteiger partial charge in [0.25, 0.3) is 0 Å². The Morgan fingerprint density at radius 2 is 1.25 bits per heavy atom. The maximum atomic E-state index is 12.7. The number of benzene rings is 3. The van der Waals surface area contributed by atoms with Crippen LogP contribution in [-0.2, 0) is 4.79 Å². The zero-order valence-electron chi connectivity index (χ0n) is 16.1. The highest BCUT2D eigenvalue weighted by Gasteiger charge is 2.20. The van der Waals surface area contributed by atoms with Crippen molar-refractivity contribution in [2.45, 2.75) is 25.9 Å². The number of ketones is 1. The standard InChI is InChI=1S/C24H24N2O2/c1-17(24(28)26-22-15-13-19(14-16-22)18(2)27)25-23(20-9-5-3-6-10-20)21-11-7-4-8-12-21/h3-17,23,25H,1-2H3,(H,26,28). The third kappa shape index (κ3) is 4.93. The van der Waals surface area contributed by atoms with Crippen LogP contribution in [0.15, 0.2) is 84.9 Å². The normalized spacial score (nSPS) is 11.8. The number of carbonyl (C=O) groups excluding carboxylic acids is 2. The highest BCUT2D eigenvalue weighted by molar-refractivity contribution is 5.97. The Bertz CT molecular complexity index is 882. The summed E-state index contributed by atoms with van der Waals surface area (Å²) in [6, 6.07) is 26.5. The van der Waals surface area contributed by atoms with Gasteiger partial charge in [-0.25, -0.2) is 0 Å². The van der Waals surface area contributed by atoms with Crippen LogP contribution in [0.4, 0.5) is 5.69 Å². The first-order valence-electron chi connectivity index (χ1n) is 9.32. The molecule has 0 saturated heterocycles. The lowest BCUT2D eigenvalue weighted by atomic mass is 9.98. The molecule has 1 atom stereocenters. The van der Waals surface area contributed by atoms with Gasteiger partial charge in [0.1, 0.15) is 0 Å². The van der Waals surface area contributed by atoms with E-state index in [1.54, 1.807) is 24.3 Å². The van der Waals surface area contributed by atoms with E-state index in [0.29, 0.717) is 11.3 Å². The third-order valence-corrected chi connectivity index (χ3v) is 4.63. The molecule has 3 rings (SSSR count). The minimum absolute atomic E-state index is 0.00137. The topological polar surface area (TPSA) is 58.2 Å². The van der Waals surface area contributed by atoms with Gasteiger partial charge in [-0.05, 0) is 49.2 Å². The number of amides is 1. The van der Waals surface area contributed by atoms with Crippen molar-refractivity contribution >= 4 is 17.4 Å². The van der Waals surface area contributed by atoms with Crippen LogP contribution in [0.3, 0.4) is 0 Å². The van der Waals surface area contributed by atoms with Crippen LogP contribution in [0.2, 0.25) is 0 Å². The van der Waals surface area contributed by atoms with Crippen molar-refractivity contribution in [1.82, 2.24) is 5.32 Å². The third-order valence-electron chi connectivity index (χ3n) is 4.63. The van der Waals surface area contributed by atoms with Crippen molar-refractivity contribution < 1.29 is 9.59 Å². The lowest BCUT2D eigenvalue weighted by Crippen LogP contribution is -2.40. The molecule has 0 fully saturated rings. The van der Waals surface area contributed by atoms with Crippen molar-refractivity contribution in [3.63, 3.8) is 0 Å². The predicted molar refractivity (Wildman–Crippen MR) is 112 cm³/mol. The molecule has 4 nitrogen and oxygen atoms in total. The Morgan fingerprint density at radius 1 is 0.750 bits per heavy atom. The minimum Gasteiger partial charge on any atom is -0.325 e. The van der Waals surface area contributed by atoms with Crippen LogP contribution in [0.1, 0.15) is 41.4 Å². The fourth-order valence-electron chi connectivity index (χ4n) is 3.04. The highest BCUT2D eigenvalue weighted by Crippen LogP contribution is 2.22. The van der Waals surface area contributed by atoms with Crippen molar-refractivity contribution in [2.75, 3.05) is 5.32 Å². The van der Waals surface area contributed by atoms with Gasteiger partial charge < -0.3 is 5.32 Å². The summed E-state index contributed by atoms with van der Waals surface area (Å²) >= 11 is 0. The molecule has 3 aromatic carbocycles. The number of Topliss-reactive ketones (excluding diaryl/α,β-unsaturated/α-hetero) is 1. The van der Waals surface area contributed by atoms with Gasteiger partial charge in [0, 0.05) is 11.3 Å². The molecule has 0 heterocycles. The van der Waals surface area contributed by atoms with Gasteiger partial charge in [0.05, 0.1) is 12.1 Å². The molecular formula is C24H24N2O2.